The van der Waals surface area contributed by atoms with Crippen LogP contribution in [0.3, 0.4) is 0 Å². The molecular formula is C27H25N7O. The summed E-state index contributed by atoms with van der Waals surface area (Å²) in [5, 5.41) is 9.61. The molecule has 5 heterocycles. The smallest absolute Gasteiger partial charge is 0.169 e. The lowest BCUT2D eigenvalue weighted by atomic mass is 10.0. The topological polar surface area (TPSA) is 90.9 Å². The minimum Gasteiger partial charge on any atom is -0.360 e. The number of hydrogen-bond donors (Lipinski definition) is 1. The molecule has 5 aromatic rings. The molecule has 174 valence electrons. The number of aromatic nitrogens is 5. The van der Waals surface area contributed by atoms with Crippen LogP contribution in [0.4, 0.5) is 5.82 Å². The summed E-state index contributed by atoms with van der Waals surface area (Å²) >= 11 is 0. The van der Waals surface area contributed by atoms with E-state index in [1.807, 2.05) is 42.7 Å². The molecule has 35 heavy (non-hydrogen) atoms. The first-order chi connectivity index (χ1) is 17.1. The van der Waals surface area contributed by atoms with E-state index in [-0.39, 0.29) is 12.2 Å². The number of nitrogens with one attached hydrogen (secondary N) is 1. The molecular weight excluding hydrogens is 438 g/mol. The molecule has 0 saturated carbocycles. The summed E-state index contributed by atoms with van der Waals surface area (Å²) in [6.45, 7) is 3.80. The zero-order valence-corrected chi connectivity index (χ0v) is 19.5. The first-order valence-electron chi connectivity index (χ1n) is 11.7. The molecule has 0 unspecified atom stereocenters. The number of pyridine rings is 2. The van der Waals surface area contributed by atoms with E-state index < -0.39 is 0 Å². The summed E-state index contributed by atoms with van der Waals surface area (Å²) in [5.41, 5.74) is 6.08. The molecule has 1 aliphatic rings. The van der Waals surface area contributed by atoms with Gasteiger partial charge in [0.25, 0.3) is 0 Å². The normalized spacial score (nSPS) is 14.6. The summed E-state index contributed by atoms with van der Waals surface area (Å²) in [7, 11) is 2.12. The van der Waals surface area contributed by atoms with E-state index in [1.54, 1.807) is 12.3 Å². The molecule has 6 rings (SSSR count). The molecule has 4 aromatic heterocycles. The molecule has 1 aromatic carbocycles. The van der Waals surface area contributed by atoms with Crippen LogP contribution in [0.25, 0.3) is 33.1 Å². The Morgan fingerprint density at radius 3 is 2.69 bits per heavy atom. The van der Waals surface area contributed by atoms with Crippen LogP contribution in [-0.4, -0.2) is 69.1 Å². The summed E-state index contributed by atoms with van der Waals surface area (Å²) in [6, 6.07) is 15.7. The Hall–Kier alpha value is -4.17. The highest BCUT2D eigenvalue weighted by Crippen LogP contribution is 2.26. The number of aromatic amines is 1. The molecule has 1 fully saturated rings. The average molecular weight is 464 g/mol. The van der Waals surface area contributed by atoms with Gasteiger partial charge in [0.15, 0.2) is 5.78 Å². The number of rotatable bonds is 5. The Labute approximate surface area is 202 Å². The summed E-state index contributed by atoms with van der Waals surface area (Å²) in [4.78, 5) is 29.8. The minimum atomic E-state index is 0.00831. The largest absolute Gasteiger partial charge is 0.360 e. The molecule has 8 heteroatoms. The van der Waals surface area contributed by atoms with Crippen molar-refractivity contribution in [2.75, 3.05) is 38.1 Å². The summed E-state index contributed by atoms with van der Waals surface area (Å²) < 4.78 is 0. The number of piperazine rings is 1. The van der Waals surface area contributed by atoms with Crippen LogP contribution in [0, 0.1) is 0 Å². The predicted octanol–water partition coefficient (Wildman–Crippen LogP) is 3.75. The number of H-pyrrole nitrogens is 1. The van der Waals surface area contributed by atoms with Crippen molar-refractivity contribution in [2.24, 2.45) is 0 Å². The second-order valence-corrected chi connectivity index (χ2v) is 9.04. The van der Waals surface area contributed by atoms with Gasteiger partial charge in [-0.25, -0.2) is 4.98 Å². The van der Waals surface area contributed by atoms with Crippen molar-refractivity contribution in [3.8, 4) is 11.1 Å². The number of likely N-dealkylation sites (N-methyl/N-ethyl adjacent to an activating group) is 1. The molecule has 0 spiro atoms. The fourth-order valence-electron chi connectivity index (χ4n) is 4.51. The molecule has 0 atom stereocenters. The lowest BCUT2D eigenvalue weighted by Gasteiger charge is -2.33. The highest BCUT2D eigenvalue weighted by molar-refractivity contribution is 5.98. The lowest BCUT2D eigenvalue weighted by molar-refractivity contribution is 0.0991. The van der Waals surface area contributed by atoms with Crippen LogP contribution in [0.15, 0.2) is 67.1 Å². The van der Waals surface area contributed by atoms with Crippen molar-refractivity contribution < 1.29 is 4.79 Å². The van der Waals surface area contributed by atoms with E-state index >= 15 is 0 Å². The second-order valence-electron chi connectivity index (χ2n) is 9.04. The fraction of sp³-hybridized carbons (Fsp3) is 0.222. The summed E-state index contributed by atoms with van der Waals surface area (Å²) in [6.07, 6.45) is 5.67. The molecule has 0 radical (unpaired) electrons. The van der Waals surface area contributed by atoms with Gasteiger partial charge < -0.3 is 14.8 Å². The van der Waals surface area contributed by atoms with E-state index in [1.165, 1.54) is 0 Å². The number of nitrogens with zero attached hydrogens (tertiary/aromatic N) is 6. The second kappa shape index (κ2) is 8.88. The molecule has 0 amide bonds. The molecule has 0 aliphatic carbocycles. The van der Waals surface area contributed by atoms with Gasteiger partial charge in [0, 0.05) is 61.3 Å². The van der Waals surface area contributed by atoms with Crippen LogP contribution < -0.4 is 4.90 Å². The maximum atomic E-state index is 13.1. The van der Waals surface area contributed by atoms with E-state index in [4.69, 9.17) is 0 Å². The van der Waals surface area contributed by atoms with Crippen molar-refractivity contribution in [1.82, 2.24) is 30.0 Å². The van der Waals surface area contributed by atoms with Crippen LogP contribution in [0.5, 0.6) is 0 Å². The van der Waals surface area contributed by atoms with Crippen LogP contribution in [0.2, 0.25) is 0 Å². The molecule has 8 nitrogen and oxygen atoms in total. The van der Waals surface area contributed by atoms with Crippen LogP contribution in [-0.2, 0) is 6.42 Å². The van der Waals surface area contributed by atoms with Crippen LogP contribution >= 0.6 is 0 Å². The van der Waals surface area contributed by atoms with Crippen LogP contribution in [0.1, 0.15) is 16.1 Å². The van der Waals surface area contributed by atoms with Gasteiger partial charge in [0.05, 0.1) is 28.7 Å². The zero-order chi connectivity index (χ0) is 23.8. The number of fused-ring (bicyclic) bond motifs is 2. The van der Waals surface area contributed by atoms with Gasteiger partial charge >= 0.3 is 0 Å². The molecule has 1 N–H and O–H groups in total. The number of carbonyl (C=O) groups is 1. The van der Waals surface area contributed by atoms with Gasteiger partial charge in [-0.15, -0.1) is 0 Å². The monoisotopic (exact) mass is 463 g/mol. The van der Waals surface area contributed by atoms with Gasteiger partial charge in [-0.3, -0.25) is 9.78 Å². The van der Waals surface area contributed by atoms with E-state index in [0.717, 1.165) is 65.1 Å². The predicted molar refractivity (Wildman–Crippen MR) is 137 cm³/mol. The van der Waals surface area contributed by atoms with Gasteiger partial charge in [0.2, 0.25) is 0 Å². The zero-order valence-electron chi connectivity index (χ0n) is 19.5. The van der Waals surface area contributed by atoms with E-state index in [2.05, 4.69) is 54.1 Å². The SMILES string of the molecule is CN1CCN(c2cc(C(=O)Cc3cc4cc(-c5cnc6cc[nH]c6c5)ccc4nn3)ccn2)CC1. The van der Waals surface area contributed by atoms with Crippen molar-refractivity contribution in [3.63, 3.8) is 0 Å². The third-order valence-corrected chi connectivity index (χ3v) is 6.60. The first kappa shape index (κ1) is 21.4. The standard InChI is InChI=1S/C27H25N7O/c1-33-8-10-34(11-9-33)27-15-19(4-6-29-27)26(35)16-22-13-20-12-18(2-3-23(20)32-31-22)21-14-25-24(30-17-21)5-7-28-25/h2-7,12-15,17,28H,8-11,16H2,1H3. The number of ketones is 1. The van der Waals surface area contributed by atoms with E-state index in [0.29, 0.717) is 11.3 Å². The average Bonchev–Trinajstić information content (AvgIpc) is 3.37. The number of anilines is 1. The maximum Gasteiger partial charge on any atom is 0.169 e. The van der Waals surface area contributed by atoms with Crippen molar-refractivity contribution >= 4 is 33.5 Å². The minimum absolute atomic E-state index is 0.00831. The summed E-state index contributed by atoms with van der Waals surface area (Å²) in [5.74, 6) is 0.861. The Morgan fingerprint density at radius 2 is 1.80 bits per heavy atom. The lowest BCUT2D eigenvalue weighted by Crippen LogP contribution is -2.44. The van der Waals surface area contributed by atoms with Gasteiger partial charge in [0.1, 0.15) is 5.82 Å². The molecule has 1 aliphatic heterocycles. The number of Topliss-reactive ketones (excluding diaryl/α,β-unsaturated/α-hetero) is 1. The number of hydrogen-bond acceptors (Lipinski definition) is 7. The highest BCUT2D eigenvalue weighted by atomic mass is 16.1. The highest BCUT2D eigenvalue weighted by Gasteiger charge is 2.17. The van der Waals surface area contributed by atoms with Crippen molar-refractivity contribution in [3.05, 3.63) is 78.4 Å². The van der Waals surface area contributed by atoms with E-state index in [9.17, 15) is 4.79 Å². The number of carbonyl (C=O) groups excluding carboxylic acids is 1. The van der Waals surface area contributed by atoms with Gasteiger partial charge in [-0.1, -0.05) is 6.07 Å². The number of benzene rings is 1. The molecule has 1 saturated heterocycles. The van der Waals surface area contributed by atoms with Gasteiger partial charge in [-0.2, -0.15) is 10.2 Å². The quantitative estimate of drug-likeness (QED) is 0.397. The maximum absolute atomic E-state index is 13.1. The Kier molecular flexibility index (Phi) is 5.42. The third kappa shape index (κ3) is 4.36. The van der Waals surface area contributed by atoms with Crippen molar-refractivity contribution in [1.29, 1.82) is 0 Å². The Balaban J connectivity index is 1.24. The third-order valence-electron chi connectivity index (χ3n) is 6.60. The van der Waals surface area contributed by atoms with Gasteiger partial charge in [-0.05, 0) is 55.1 Å². The Morgan fingerprint density at radius 1 is 0.914 bits per heavy atom. The fourth-order valence-corrected chi connectivity index (χ4v) is 4.51. The molecule has 0 bridgehead atoms. The first-order valence-corrected chi connectivity index (χ1v) is 11.7. The Bertz CT molecular complexity index is 1540. The van der Waals surface area contributed by atoms with Crippen molar-refractivity contribution in [2.45, 2.75) is 6.42 Å².